The molecule has 0 unspecified atom stereocenters. The number of rotatable bonds is 8. The molecule has 6 nitrogen and oxygen atoms in total. The number of amides is 2. The van der Waals surface area contributed by atoms with Crippen molar-refractivity contribution in [1.29, 1.82) is 0 Å². The first-order valence-corrected chi connectivity index (χ1v) is 10.8. The van der Waals surface area contributed by atoms with Crippen LogP contribution in [0.2, 0.25) is 0 Å². The van der Waals surface area contributed by atoms with E-state index in [4.69, 9.17) is 0 Å². The molecule has 1 aliphatic heterocycles. The van der Waals surface area contributed by atoms with Crippen LogP contribution in [0.15, 0.2) is 40.5 Å². The van der Waals surface area contributed by atoms with Gasteiger partial charge in [0.1, 0.15) is 0 Å². The standard InChI is InChI=1S/C22H26N4O2S/c1-3-9-26(10-4-2)22(28)18-7-8-24-20-12-17(6-5-16(20)11-18)21(27)25-14-19-13-23-15-29-19/h5-6,8,11-13,15H,3-4,7,9-10,14H2,1-2H3,(H,25,27). The largest absolute Gasteiger partial charge is 0.347 e. The van der Waals surface area contributed by atoms with Crippen LogP contribution in [-0.2, 0) is 11.3 Å². The summed E-state index contributed by atoms with van der Waals surface area (Å²) >= 11 is 1.50. The fraction of sp³-hybridized carbons (Fsp3) is 0.364. The first-order valence-electron chi connectivity index (χ1n) is 9.94. The van der Waals surface area contributed by atoms with E-state index in [2.05, 4.69) is 29.1 Å². The van der Waals surface area contributed by atoms with Crippen molar-refractivity contribution in [3.05, 3.63) is 51.5 Å². The van der Waals surface area contributed by atoms with Gasteiger partial charge in [-0.15, -0.1) is 11.3 Å². The molecule has 0 saturated heterocycles. The van der Waals surface area contributed by atoms with Crippen LogP contribution in [0.5, 0.6) is 0 Å². The Morgan fingerprint density at radius 2 is 2.00 bits per heavy atom. The minimum atomic E-state index is -0.155. The van der Waals surface area contributed by atoms with Crippen LogP contribution in [0.4, 0.5) is 5.69 Å². The predicted molar refractivity (Wildman–Crippen MR) is 118 cm³/mol. The lowest BCUT2D eigenvalue weighted by Gasteiger charge is -2.22. The summed E-state index contributed by atoms with van der Waals surface area (Å²) in [4.78, 5) is 36.8. The molecule has 1 aliphatic rings. The Labute approximate surface area is 175 Å². The average Bonchev–Trinajstić information content (AvgIpc) is 3.16. The van der Waals surface area contributed by atoms with Crippen molar-refractivity contribution in [1.82, 2.24) is 15.2 Å². The van der Waals surface area contributed by atoms with E-state index in [1.807, 2.05) is 17.0 Å². The Bertz CT molecular complexity index is 913. The third-order valence-corrected chi connectivity index (χ3v) is 5.40. The third-order valence-electron chi connectivity index (χ3n) is 4.62. The van der Waals surface area contributed by atoms with Crippen LogP contribution >= 0.6 is 11.3 Å². The lowest BCUT2D eigenvalue weighted by Crippen LogP contribution is -2.33. The van der Waals surface area contributed by atoms with Crippen LogP contribution < -0.4 is 5.32 Å². The summed E-state index contributed by atoms with van der Waals surface area (Å²) in [5, 5.41) is 2.90. The van der Waals surface area contributed by atoms with Crippen LogP contribution in [0.3, 0.4) is 0 Å². The normalized spacial score (nSPS) is 12.7. The molecule has 1 aromatic carbocycles. The molecule has 0 radical (unpaired) electrons. The van der Waals surface area contributed by atoms with E-state index in [1.54, 1.807) is 30.1 Å². The summed E-state index contributed by atoms with van der Waals surface area (Å²) in [5.41, 5.74) is 4.58. The summed E-state index contributed by atoms with van der Waals surface area (Å²) in [6.45, 7) is 6.12. The first-order chi connectivity index (χ1) is 14.1. The highest BCUT2D eigenvalue weighted by Gasteiger charge is 2.19. The zero-order chi connectivity index (χ0) is 20.6. The zero-order valence-electron chi connectivity index (χ0n) is 16.9. The number of aliphatic imine (C=N–C) groups is 1. The van der Waals surface area contributed by atoms with Gasteiger partial charge in [-0.25, -0.2) is 0 Å². The van der Waals surface area contributed by atoms with Crippen molar-refractivity contribution in [2.24, 2.45) is 4.99 Å². The van der Waals surface area contributed by atoms with Crippen molar-refractivity contribution in [3.8, 4) is 0 Å². The molecular weight excluding hydrogens is 384 g/mol. The average molecular weight is 411 g/mol. The highest BCUT2D eigenvalue weighted by atomic mass is 32.1. The monoisotopic (exact) mass is 410 g/mol. The molecule has 29 heavy (non-hydrogen) atoms. The summed E-state index contributed by atoms with van der Waals surface area (Å²) < 4.78 is 0. The molecule has 152 valence electrons. The molecule has 0 bridgehead atoms. The summed E-state index contributed by atoms with van der Waals surface area (Å²) in [5.74, 6) is -0.0858. The van der Waals surface area contributed by atoms with E-state index in [9.17, 15) is 9.59 Å². The van der Waals surface area contributed by atoms with Gasteiger partial charge in [0.15, 0.2) is 0 Å². The number of nitrogens with zero attached hydrogens (tertiary/aromatic N) is 3. The Balaban J connectivity index is 1.76. The Hall–Kier alpha value is -2.80. The van der Waals surface area contributed by atoms with Crippen LogP contribution in [0.25, 0.3) is 6.08 Å². The molecule has 7 heteroatoms. The number of aromatic nitrogens is 1. The SMILES string of the molecule is CCCN(CCC)C(=O)C1=Cc2ccc(C(=O)NCc3cncs3)cc2N=CC1. The second kappa shape index (κ2) is 10.1. The number of thiazole rings is 1. The molecule has 0 aliphatic carbocycles. The molecule has 0 atom stereocenters. The maximum absolute atomic E-state index is 12.9. The lowest BCUT2D eigenvalue weighted by molar-refractivity contribution is -0.127. The Kier molecular flexibility index (Phi) is 7.30. The van der Waals surface area contributed by atoms with Gasteiger partial charge in [-0.3, -0.25) is 19.6 Å². The molecule has 2 heterocycles. The number of carbonyl (C=O) groups excluding carboxylic acids is 2. The fourth-order valence-electron chi connectivity index (χ4n) is 3.21. The number of benzene rings is 1. The second-order valence-electron chi connectivity index (χ2n) is 6.90. The molecule has 0 saturated carbocycles. The quantitative estimate of drug-likeness (QED) is 0.708. The van der Waals surface area contributed by atoms with Gasteiger partial charge in [0.05, 0.1) is 17.7 Å². The number of fused-ring (bicyclic) bond motifs is 1. The van der Waals surface area contributed by atoms with Crippen molar-refractivity contribution in [3.63, 3.8) is 0 Å². The maximum Gasteiger partial charge on any atom is 0.251 e. The van der Waals surface area contributed by atoms with Gasteiger partial charge in [0.2, 0.25) is 5.91 Å². The molecular formula is C22H26N4O2S. The molecule has 1 aromatic heterocycles. The van der Waals surface area contributed by atoms with E-state index in [0.717, 1.165) is 41.9 Å². The van der Waals surface area contributed by atoms with Crippen LogP contribution in [0, 0.1) is 0 Å². The van der Waals surface area contributed by atoms with Gasteiger partial charge in [-0.05, 0) is 31.1 Å². The predicted octanol–water partition coefficient (Wildman–Crippen LogP) is 4.21. The smallest absolute Gasteiger partial charge is 0.251 e. The third kappa shape index (κ3) is 5.38. The Morgan fingerprint density at radius 1 is 1.21 bits per heavy atom. The number of hydrogen-bond donors (Lipinski definition) is 1. The summed E-state index contributed by atoms with van der Waals surface area (Å²) in [7, 11) is 0. The number of hydrogen-bond acceptors (Lipinski definition) is 5. The van der Waals surface area contributed by atoms with Crippen molar-refractivity contribution in [2.45, 2.75) is 39.7 Å². The molecule has 2 amide bonds. The molecule has 1 N–H and O–H groups in total. The Morgan fingerprint density at radius 3 is 2.69 bits per heavy atom. The number of carbonyl (C=O) groups is 2. The van der Waals surface area contributed by atoms with E-state index in [0.29, 0.717) is 24.2 Å². The zero-order valence-corrected chi connectivity index (χ0v) is 17.7. The van der Waals surface area contributed by atoms with Gasteiger partial charge in [0.25, 0.3) is 5.91 Å². The molecule has 0 fully saturated rings. The van der Waals surface area contributed by atoms with Gasteiger partial charge in [0, 0.05) is 53.5 Å². The van der Waals surface area contributed by atoms with Crippen molar-refractivity contribution < 1.29 is 9.59 Å². The summed E-state index contributed by atoms with van der Waals surface area (Å²) in [6.07, 6.45) is 7.76. The summed E-state index contributed by atoms with van der Waals surface area (Å²) in [6, 6.07) is 5.40. The van der Waals surface area contributed by atoms with Gasteiger partial charge in [-0.2, -0.15) is 0 Å². The molecule has 3 rings (SSSR count). The van der Waals surface area contributed by atoms with Crippen molar-refractivity contribution in [2.75, 3.05) is 13.1 Å². The maximum atomic E-state index is 12.9. The molecule has 2 aromatic rings. The number of nitrogens with one attached hydrogen (secondary N) is 1. The van der Waals surface area contributed by atoms with Crippen LogP contribution in [0.1, 0.15) is 53.9 Å². The minimum Gasteiger partial charge on any atom is -0.347 e. The van der Waals surface area contributed by atoms with E-state index in [1.165, 1.54) is 11.3 Å². The van der Waals surface area contributed by atoms with E-state index < -0.39 is 0 Å². The molecule has 0 spiro atoms. The topological polar surface area (TPSA) is 74.7 Å². The lowest BCUT2D eigenvalue weighted by atomic mass is 10.0. The first kappa shape index (κ1) is 20.9. The fourth-order valence-corrected chi connectivity index (χ4v) is 3.75. The van der Waals surface area contributed by atoms with Gasteiger partial charge < -0.3 is 10.2 Å². The highest BCUT2D eigenvalue weighted by molar-refractivity contribution is 7.09. The second-order valence-corrected chi connectivity index (χ2v) is 7.87. The van der Waals surface area contributed by atoms with Crippen LogP contribution in [-0.4, -0.2) is 41.0 Å². The van der Waals surface area contributed by atoms with Gasteiger partial charge in [-0.1, -0.05) is 19.9 Å². The minimum absolute atomic E-state index is 0.0689. The van der Waals surface area contributed by atoms with Crippen molar-refractivity contribution >= 4 is 41.1 Å². The van der Waals surface area contributed by atoms with E-state index in [-0.39, 0.29) is 11.8 Å². The van der Waals surface area contributed by atoms with E-state index >= 15 is 0 Å². The van der Waals surface area contributed by atoms with Gasteiger partial charge >= 0.3 is 0 Å². The highest BCUT2D eigenvalue weighted by Crippen LogP contribution is 2.27.